The molecule has 0 aliphatic carbocycles. The fraction of sp³-hybridized carbons (Fsp3) is 0.308. The smallest absolute Gasteiger partial charge is 0.339 e. The molecule has 8 heteroatoms. The first-order valence-corrected chi connectivity index (χ1v) is 6.28. The molecule has 1 N–H and O–H groups in total. The van der Waals surface area contributed by atoms with Crippen LogP contribution in [0.5, 0.6) is 17.2 Å². The molecule has 0 spiro atoms. The summed E-state index contributed by atoms with van der Waals surface area (Å²) in [5, 5.41) is 12.9. The van der Waals surface area contributed by atoms with Crippen LogP contribution >= 0.6 is 0 Å². The van der Waals surface area contributed by atoms with Crippen LogP contribution in [0.25, 0.3) is 0 Å². The van der Waals surface area contributed by atoms with E-state index in [0.29, 0.717) is 23.7 Å². The van der Waals surface area contributed by atoms with Crippen molar-refractivity contribution in [3.63, 3.8) is 0 Å². The van der Waals surface area contributed by atoms with Crippen molar-refractivity contribution in [1.29, 1.82) is 0 Å². The Labute approximate surface area is 119 Å². The largest absolute Gasteiger partial charge is 0.483 e. The molecule has 0 saturated heterocycles. The second-order valence-corrected chi connectivity index (χ2v) is 4.25. The van der Waals surface area contributed by atoms with E-state index >= 15 is 0 Å². The molecule has 0 amide bonds. The SMILES string of the molecule is CCc1noc(COc2cc3c(cc2C(=O)O)OCO3)n1. The highest BCUT2D eigenvalue weighted by atomic mass is 16.7. The van der Waals surface area contributed by atoms with Crippen molar-refractivity contribution >= 4 is 5.97 Å². The Morgan fingerprint density at radius 3 is 2.81 bits per heavy atom. The number of aromatic nitrogens is 2. The van der Waals surface area contributed by atoms with Crippen LogP contribution in [0.3, 0.4) is 0 Å². The second-order valence-electron chi connectivity index (χ2n) is 4.25. The summed E-state index contributed by atoms with van der Waals surface area (Å²) in [7, 11) is 0. The standard InChI is InChI=1S/C13H12N2O6/c1-2-11-14-12(21-15-11)5-18-8-4-10-9(19-6-20-10)3-7(8)13(16)17/h3-4H,2,5-6H2,1H3,(H,16,17). The van der Waals surface area contributed by atoms with Gasteiger partial charge in [-0.05, 0) is 0 Å². The van der Waals surface area contributed by atoms with E-state index in [1.807, 2.05) is 6.92 Å². The van der Waals surface area contributed by atoms with Gasteiger partial charge in [0.25, 0.3) is 5.89 Å². The maximum absolute atomic E-state index is 11.3. The van der Waals surface area contributed by atoms with Crippen molar-refractivity contribution < 1.29 is 28.6 Å². The van der Waals surface area contributed by atoms with Gasteiger partial charge in [-0.1, -0.05) is 12.1 Å². The van der Waals surface area contributed by atoms with Crippen LogP contribution in [-0.4, -0.2) is 28.0 Å². The molecule has 0 radical (unpaired) electrons. The van der Waals surface area contributed by atoms with Gasteiger partial charge in [0, 0.05) is 18.6 Å². The predicted molar refractivity (Wildman–Crippen MR) is 67.5 cm³/mol. The number of carbonyl (C=O) groups is 1. The highest BCUT2D eigenvalue weighted by Crippen LogP contribution is 2.38. The first kappa shape index (κ1) is 13.2. The van der Waals surface area contributed by atoms with E-state index in [9.17, 15) is 9.90 Å². The fourth-order valence-electron chi connectivity index (χ4n) is 1.84. The predicted octanol–water partition coefficient (Wildman–Crippen LogP) is 1.64. The van der Waals surface area contributed by atoms with E-state index in [2.05, 4.69) is 10.1 Å². The van der Waals surface area contributed by atoms with Crippen LogP contribution in [-0.2, 0) is 13.0 Å². The lowest BCUT2D eigenvalue weighted by atomic mass is 10.2. The summed E-state index contributed by atoms with van der Waals surface area (Å²) in [6.45, 7) is 1.93. The molecule has 8 nitrogen and oxygen atoms in total. The summed E-state index contributed by atoms with van der Waals surface area (Å²) in [4.78, 5) is 15.3. The zero-order valence-electron chi connectivity index (χ0n) is 11.2. The van der Waals surface area contributed by atoms with Gasteiger partial charge in [0.1, 0.15) is 11.3 Å². The van der Waals surface area contributed by atoms with Gasteiger partial charge in [-0.3, -0.25) is 0 Å². The summed E-state index contributed by atoms with van der Waals surface area (Å²) < 4.78 is 20.8. The van der Waals surface area contributed by atoms with Gasteiger partial charge in [-0.25, -0.2) is 4.79 Å². The van der Waals surface area contributed by atoms with E-state index in [-0.39, 0.29) is 30.6 Å². The topological polar surface area (TPSA) is 104 Å². The number of carboxylic acids is 1. The van der Waals surface area contributed by atoms with Crippen molar-refractivity contribution in [1.82, 2.24) is 10.1 Å². The average molecular weight is 292 g/mol. The highest BCUT2D eigenvalue weighted by molar-refractivity contribution is 5.92. The first-order chi connectivity index (χ1) is 10.2. The molecule has 0 saturated carbocycles. The minimum absolute atomic E-state index is 0.0190. The van der Waals surface area contributed by atoms with E-state index < -0.39 is 5.97 Å². The number of hydrogen-bond acceptors (Lipinski definition) is 7. The van der Waals surface area contributed by atoms with Crippen molar-refractivity contribution in [3.8, 4) is 17.2 Å². The molecule has 0 fully saturated rings. The van der Waals surface area contributed by atoms with Crippen LogP contribution in [0.15, 0.2) is 16.7 Å². The van der Waals surface area contributed by atoms with Gasteiger partial charge in [0.05, 0.1) is 0 Å². The minimum Gasteiger partial charge on any atom is -0.483 e. The number of aryl methyl sites for hydroxylation is 1. The van der Waals surface area contributed by atoms with Gasteiger partial charge in [-0.15, -0.1) is 0 Å². The Balaban J connectivity index is 1.82. The van der Waals surface area contributed by atoms with Crippen molar-refractivity contribution in [2.24, 2.45) is 0 Å². The molecule has 1 aromatic heterocycles. The molecule has 1 aromatic carbocycles. The monoisotopic (exact) mass is 292 g/mol. The number of nitrogens with zero attached hydrogens (tertiary/aromatic N) is 2. The van der Waals surface area contributed by atoms with Crippen LogP contribution in [0, 0.1) is 0 Å². The zero-order chi connectivity index (χ0) is 14.8. The number of hydrogen-bond donors (Lipinski definition) is 1. The Bertz CT molecular complexity index is 681. The normalized spacial score (nSPS) is 12.4. The maximum Gasteiger partial charge on any atom is 0.339 e. The highest BCUT2D eigenvalue weighted by Gasteiger charge is 2.22. The van der Waals surface area contributed by atoms with E-state index in [1.165, 1.54) is 12.1 Å². The molecule has 110 valence electrons. The van der Waals surface area contributed by atoms with E-state index in [4.69, 9.17) is 18.7 Å². The number of rotatable bonds is 5. The van der Waals surface area contributed by atoms with Crippen LogP contribution in [0.1, 0.15) is 29.0 Å². The van der Waals surface area contributed by atoms with Crippen molar-refractivity contribution in [2.75, 3.05) is 6.79 Å². The van der Waals surface area contributed by atoms with Gasteiger partial charge in [0.15, 0.2) is 23.9 Å². The minimum atomic E-state index is -1.12. The van der Waals surface area contributed by atoms with Gasteiger partial charge in [-0.2, -0.15) is 4.98 Å². The zero-order valence-corrected chi connectivity index (χ0v) is 11.2. The Hall–Kier alpha value is -2.77. The maximum atomic E-state index is 11.3. The van der Waals surface area contributed by atoms with Crippen LogP contribution < -0.4 is 14.2 Å². The molecule has 2 heterocycles. The Morgan fingerprint density at radius 1 is 1.38 bits per heavy atom. The second kappa shape index (κ2) is 5.31. The summed E-state index contributed by atoms with van der Waals surface area (Å²) in [6.07, 6.45) is 0.647. The summed E-state index contributed by atoms with van der Waals surface area (Å²) in [6, 6.07) is 2.84. The van der Waals surface area contributed by atoms with E-state index in [1.54, 1.807) is 0 Å². The molecular weight excluding hydrogens is 280 g/mol. The number of benzene rings is 1. The molecule has 3 rings (SSSR count). The van der Waals surface area contributed by atoms with Gasteiger partial charge < -0.3 is 23.8 Å². The number of carboxylic acid groups (broad SMARTS) is 1. The third-order valence-electron chi connectivity index (χ3n) is 2.88. The summed E-state index contributed by atoms with van der Waals surface area (Å²) in [5.41, 5.74) is -0.0190. The number of ether oxygens (including phenoxy) is 3. The lowest BCUT2D eigenvalue weighted by Crippen LogP contribution is -2.04. The molecule has 2 aromatic rings. The lowest BCUT2D eigenvalue weighted by Gasteiger charge is -2.08. The molecular formula is C13H12N2O6. The first-order valence-electron chi connectivity index (χ1n) is 6.28. The van der Waals surface area contributed by atoms with Crippen molar-refractivity contribution in [3.05, 3.63) is 29.4 Å². The van der Waals surface area contributed by atoms with Crippen LogP contribution in [0.4, 0.5) is 0 Å². The Morgan fingerprint density at radius 2 is 2.14 bits per heavy atom. The summed E-state index contributed by atoms with van der Waals surface area (Å²) in [5.74, 6) is 0.699. The summed E-state index contributed by atoms with van der Waals surface area (Å²) >= 11 is 0. The van der Waals surface area contributed by atoms with Crippen LogP contribution in [0.2, 0.25) is 0 Å². The molecule has 21 heavy (non-hydrogen) atoms. The molecule has 0 unspecified atom stereocenters. The molecule has 0 atom stereocenters. The van der Waals surface area contributed by atoms with Gasteiger partial charge in [0.2, 0.25) is 6.79 Å². The third kappa shape index (κ3) is 2.60. The number of aromatic carboxylic acids is 1. The Kier molecular flexibility index (Phi) is 3.35. The quantitative estimate of drug-likeness (QED) is 0.886. The molecule has 1 aliphatic rings. The molecule has 0 bridgehead atoms. The average Bonchev–Trinajstić information content (AvgIpc) is 3.12. The number of fused-ring (bicyclic) bond motifs is 1. The molecule has 1 aliphatic heterocycles. The van der Waals surface area contributed by atoms with E-state index in [0.717, 1.165) is 0 Å². The lowest BCUT2D eigenvalue weighted by molar-refractivity contribution is 0.0690. The van der Waals surface area contributed by atoms with Crippen molar-refractivity contribution in [2.45, 2.75) is 20.0 Å². The third-order valence-corrected chi connectivity index (χ3v) is 2.88. The fourth-order valence-corrected chi connectivity index (χ4v) is 1.84. The van der Waals surface area contributed by atoms with Gasteiger partial charge >= 0.3 is 5.97 Å².